The highest BCUT2D eigenvalue weighted by Gasteiger charge is 2.17. The molecule has 98 valence electrons. The molecule has 0 fully saturated rings. The third-order valence-electron chi connectivity index (χ3n) is 2.41. The summed E-state index contributed by atoms with van der Waals surface area (Å²) in [5.74, 6) is -0.180. The smallest absolute Gasteiger partial charge is 0.302 e. The van der Waals surface area contributed by atoms with Gasteiger partial charge in [-0.1, -0.05) is 30.3 Å². The van der Waals surface area contributed by atoms with Gasteiger partial charge in [-0.2, -0.15) is 0 Å². The molecule has 0 aliphatic heterocycles. The molecule has 0 saturated carbocycles. The van der Waals surface area contributed by atoms with Crippen molar-refractivity contribution in [3.63, 3.8) is 0 Å². The molecular formula is C12H12N3O3S+. The number of amides is 1. The highest BCUT2D eigenvalue weighted by atomic mass is 32.1. The molecule has 0 unspecified atom stereocenters. The summed E-state index contributed by atoms with van der Waals surface area (Å²) in [7, 11) is 0. The van der Waals surface area contributed by atoms with E-state index in [0.717, 1.165) is 16.9 Å². The molecule has 2 aromatic rings. The largest absolute Gasteiger partial charge is 0.392 e. The first kappa shape index (κ1) is 13.2. The van der Waals surface area contributed by atoms with Crippen LogP contribution in [-0.2, 0) is 11.2 Å². The van der Waals surface area contributed by atoms with Crippen molar-refractivity contribution in [2.24, 2.45) is 0 Å². The summed E-state index contributed by atoms with van der Waals surface area (Å²) in [5.41, 5.74) is 1.08. The van der Waals surface area contributed by atoms with Gasteiger partial charge in [0.25, 0.3) is 4.92 Å². The Labute approximate surface area is 113 Å². The summed E-state index contributed by atoms with van der Waals surface area (Å²) < 4.78 is 0. The zero-order valence-corrected chi connectivity index (χ0v) is 10.8. The Kier molecular flexibility index (Phi) is 4.19. The number of hydrogen-bond acceptors (Lipinski definition) is 4. The molecular weight excluding hydrogens is 266 g/mol. The molecule has 1 amide bonds. The number of nitrogens with zero attached hydrogens (tertiary/aromatic N) is 2. The Hall–Kier alpha value is -2.28. The highest BCUT2D eigenvalue weighted by Crippen LogP contribution is 2.24. The van der Waals surface area contributed by atoms with E-state index in [-0.39, 0.29) is 15.8 Å². The van der Waals surface area contributed by atoms with Crippen molar-refractivity contribution in [1.82, 2.24) is 4.98 Å². The fraction of sp³-hybridized carbons (Fsp3) is 0.167. The van der Waals surface area contributed by atoms with Crippen molar-refractivity contribution < 1.29 is 14.9 Å². The van der Waals surface area contributed by atoms with Crippen LogP contribution in [-0.4, -0.2) is 21.0 Å². The van der Waals surface area contributed by atoms with Crippen LogP contribution in [0.2, 0.25) is 0 Å². The summed E-state index contributed by atoms with van der Waals surface area (Å²) in [5, 5.41) is 11.6. The summed E-state index contributed by atoms with van der Waals surface area (Å²) in [6.07, 6.45) is 2.17. The van der Waals surface area contributed by atoms with E-state index >= 15 is 0 Å². The number of rotatable bonds is 5. The predicted octanol–water partition coefficient (Wildman–Crippen LogP) is 2.51. The van der Waals surface area contributed by atoms with Crippen LogP contribution in [0.25, 0.3) is 0 Å². The fourth-order valence-electron chi connectivity index (χ4n) is 1.50. The predicted molar refractivity (Wildman–Crippen MR) is 70.6 cm³/mol. The molecule has 0 bridgehead atoms. The minimum absolute atomic E-state index is 0.0263. The number of carbonyl (C=O) groups excluding carboxylic acids is 1. The van der Waals surface area contributed by atoms with Crippen molar-refractivity contribution in [2.45, 2.75) is 12.8 Å². The van der Waals surface area contributed by atoms with Crippen molar-refractivity contribution >= 4 is 27.4 Å². The van der Waals surface area contributed by atoms with E-state index in [4.69, 9.17) is 5.21 Å². The molecule has 0 saturated heterocycles. The molecule has 1 aromatic carbocycles. The molecule has 0 spiro atoms. The van der Waals surface area contributed by atoms with Gasteiger partial charge in [0.2, 0.25) is 5.91 Å². The maximum atomic E-state index is 11.7. The number of thiazole rings is 1. The minimum atomic E-state index is -0.280. The number of nitrogens with one attached hydrogen (secondary N) is 1. The van der Waals surface area contributed by atoms with E-state index in [1.54, 1.807) is 0 Å². The van der Waals surface area contributed by atoms with E-state index in [2.05, 4.69) is 10.3 Å². The van der Waals surface area contributed by atoms with Crippen LogP contribution in [0.3, 0.4) is 0 Å². The quantitative estimate of drug-likeness (QED) is 0.823. The summed E-state index contributed by atoms with van der Waals surface area (Å²) in [6.45, 7) is 0. The molecule has 6 nitrogen and oxygen atoms in total. The van der Waals surface area contributed by atoms with Gasteiger partial charge in [0, 0.05) is 6.42 Å². The molecule has 2 N–H and O–H groups in total. The monoisotopic (exact) mass is 278 g/mol. The van der Waals surface area contributed by atoms with Gasteiger partial charge in [-0.15, -0.1) is 0 Å². The number of carbonyl (C=O) groups is 1. The van der Waals surface area contributed by atoms with Crippen molar-refractivity contribution in [3.05, 3.63) is 47.0 Å². The number of benzene rings is 1. The lowest BCUT2D eigenvalue weighted by Crippen LogP contribution is -2.11. The first-order valence-electron chi connectivity index (χ1n) is 5.61. The molecule has 0 aliphatic carbocycles. The second kappa shape index (κ2) is 6.05. The van der Waals surface area contributed by atoms with Crippen molar-refractivity contribution in [3.8, 4) is 0 Å². The van der Waals surface area contributed by atoms with Gasteiger partial charge in [0.1, 0.15) is 6.20 Å². The lowest BCUT2D eigenvalue weighted by molar-refractivity contribution is -0.727. The molecule has 0 atom stereocenters. The highest BCUT2D eigenvalue weighted by molar-refractivity contribution is 7.18. The lowest BCUT2D eigenvalue weighted by atomic mass is 10.1. The zero-order valence-electron chi connectivity index (χ0n) is 9.94. The van der Waals surface area contributed by atoms with E-state index in [1.807, 2.05) is 30.3 Å². The average molecular weight is 278 g/mol. The number of hydrogen-bond donors (Lipinski definition) is 2. The van der Waals surface area contributed by atoms with Gasteiger partial charge >= 0.3 is 5.00 Å². The standard InChI is InChI=1S/C12H11N3O3S/c16-10(7-6-9-4-2-1-3-5-9)14-12-13-8-11(19-12)15(17)18/h1-5,8H,6-7H2,(H-,13,14,16,17,18)/p+1. The first-order valence-corrected chi connectivity index (χ1v) is 6.42. The molecule has 7 heteroatoms. The molecule has 1 aromatic heterocycles. The maximum Gasteiger partial charge on any atom is 0.392 e. The summed E-state index contributed by atoms with van der Waals surface area (Å²) >= 11 is 0.911. The van der Waals surface area contributed by atoms with Gasteiger partial charge in [0.05, 0.1) is 4.91 Å². The van der Waals surface area contributed by atoms with Crippen LogP contribution in [0.5, 0.6) is 0 Å². The number of aryl methyl sites for hydroxylation is 1. The van der Waals surface area contributed by atoms with E-state index in [1.165, 1.54) is 6.20 Å². The lowest BCUT2D eigenvalue weighted by Gasteiger charge is -2.01. The number of aromatic nitrogens is 1. The van der Waals surface area contributed by atoms with Crippen molar-refractivity contribution in [1.29, 1.82) is 0 Å². The molecule has 0 aliphatic rings. The second-order valence-electron chi connectivity index (χ2n) is 3.81. The van der Waals surface area contributed by atoms with Gasteiger partial charge in [-0.3, -0.25) is 4.79 Å². The van der Waals surface area contributed by atoms with Crippen LogP contribution in [0.4, 0.5) is 10.1 Å². The normalized spacial score (nSPS) is 10.1. The Balaban J connectivity index is 1.85. The van der Waals surface area contributed by atoms with Crippen LogP contribution in [0, 0.1) is 4.91 Å². The average Bonchev–Trinajstić information content (AvgIpc) is 2.86. The van der Waals surface area contributed by atoms with Crippen LogP contribution in [0.15, 0.2) is 36.5 Å². The molecule has 2 rings (SSSR count). The van der Waals surface area contributed by atoms with Gasteiger partial charge in [0.15, 0.2) is 5.13 Å². The Bertz CT molecular complexity index is 583. The molecule has 1 heterocycles. The van der Waals surface area contributed by atoms with Crippen LogP contribution in [0.1, 0.15) is 12.0 Å². The van der Waals surface area contributed by atoms with E-state index in [9.17, 15) is 9.70 Å². The first-order chi connectivity index (χ1) is 9.15. The van der Waals surface area contributed by atoms with Gasteiger partial charge in [-0.05, 0) is 23.3 Å². The van der Waals surface area contributed by atoms with Crippen LogP contribution < -0.4 is 5.32 Å². The fourth-order valence-corrected chi connectivity index (χ4v) is 2.15. The third kappa shape index (κ3) is 3.85. The second-order valence-corrected chi connectivity index (χ2v) is 4.82. The van der Waals surface area contributed by atoms with Crippen molar-refractivity contribution in [2.75, 3.05) is 5.32 Å². The Morgan fingerprint density at radius 2 is 2.11 bits per heavy atom. The molecule has 0 radical (unpaired) electrons. The molecule has 19 heavy (non-hydrogen) atoms. The Morgan fingerprint density at radius 3 is 2.74 bits per heavy atom. The SMILES string of the molecule is O=C(CCc1ccccc1)Nc1ncc([N+](=O)O)s1. The van der Waals surface area contributed by atoms with E-state index in [0.29, 0.717) is 18.0 Å². The number of anilines is 1. The summed E-state index contributed by atoms with van der Waals surface area (Å²) in [6, 6.07) is 9.67. The third-order valence-corrected chi connectivity index (χ3v) is 3.28. The zero-order chi connectivity index (χ0) is 13.7. The maximum absolute atomic E-state index is 11.7. The van der Waals surface area contributed by atoms with Gasteiger partial charge < -0.3 is 5.32 Å². The minimum Gasteiger partial charge on any atom is -0.302 e. The topological polar surface area (TPSA) is 82.3 Å². The summed E-state index contributed by atoms with van der Waals surface area (Å²) in [4.78, 5) is 25.8. The Morgan fingerprint density at radius 1 is 1.37 bits per heavy atom. The van der Waals surface area contributed by atoms with E-state index < -0.39 is 0 Å². The van der Waals surface area contributed by atoms with Gasteiger partial charge in [-0.25, -0.2) is 10.2 Å². The van der Waals surface area contributed by atoms with Crippen LogP contribution >= 0.6 is 11.3 Å².